The third kappa shape index (κ3) is 5.70. The normalized spacial score (nSPS) is 11.7. The molecule has 0 fully saturated rings. The van der Waals surface area contributed by atoms with Crippen LogP contribution in [-0.2, 0) is 14.3 Å². The Labute approximate surface area is 204 Å². The number of thioether (sulfide) groups is 1. The number of rotatable bonds is 9. The second-order valence-corrected chi connectivity index (χ2v) is 9.11. The highest BCUT2D eigenvalue weighted by molar-refractivity contribution is 7.99. The molecule has 0 radical (unpaired) electrons. The number of benzene rings is 2. The van der Waals surface area contributed by atoms with Gasteiger partial charge in [-0.15, -0.1) is 21.5 Å². The van der Waals surface area contributed by atoms with Gasteiger partial charge in [-0.1, -0.05) is 36.0 Å². The molecule has 4 rings (SSSR count). The number of carbonyl (C=O) groups is 2. The fourth-order valence-corrected chi connectivity index (χ4v) is 4.83. The first-order chi connectivity index (χ1) is 16.5. The summed E-state index contributed by atoms with van der Waals surface area (Å²) in [6.45, 7) is 0. The van der Waals surface area contributed by atoms with Gasteiger partial charge in [0.25, 0.3) is 0 Å². The number of aromatic nitrogens is 3. The third-order valence-corrected chi connectivity index (χ3v) is 6.82. The van der Waals surface area contributed by atoms with Crippen LogP contribution < -0.4 is 5.32 Å². The van der Waals surface area contributed by atoms with Crippen LogP contribution in [0.15, 0.2) is 77.3 Å². The Balaban J connectivity index is 1.54. The summed E-state index contributed by atoms with van der Waals surface area (Å²) in [5.74, 6) is -0.390. The number of ether oxygens (including phenoxy) is 1. The second kappa shape index (κ2) is 11.1. The molecular formula is C24H21FN4O3S2. The molecule has 0 aliphatic rings. The van der Waals surface area contributed by atoms with Crippen molar-refractivity contribution in [3.8, 4) is 17.1 Å². The molecular weight excluding hydrogens is 475 g/mol. The Morgan fingerprint density at radius 3 is 2.53 bits per heavy atom. The maximum atomic E-state index is 13.4. The summed E-state index contributed by atoms with van der Waals surface area (Å²) < 4.78 is 20.0. The van der Waals surface area contributed by atoms with E-state index in [4.69, 9.17) is 4.74 Å². The predicted octanol–water partition coefficient (Wildman–Crippen LogP) is 4.65. The highest BCUT2D eigenvalue weighted by atomic mass is 32.2. The Morgan fingerprint density at radius 1 is 1.09 bits per heavy atom. The highest BCUT2D eigenvalue weighted by Gasteiger charge is 2.22. The summed E-state index contributed by atoms with van der Waals surface area (Å²) in [6, 6.07) is 18.8. The zero-order valence-electron chi connectivity index (χ0n) is 18.2. The van der Waals surface area contributed by atoms with Crippen LogP contribution in [0.3, 0.4) is 0 Å². The van der Waals surface area contributed by atoms with Crippen molar-refractivity contribution in [2.45, 2.75) is 17.6 Å². The van der Waals surface area contributed by atoms with Crippen LogP contribution in [0.25, 0.3) is 17.1 Å². The van der Waals surface area contributed by atoms with Gasteiger partial charge in [0.1, 0.15) is 5.82 Å². The average Bonchev–Trinajstić information content (AvgIpc) is 3.54. The molecule has 0 saturated carbocycles. The van der Waals surface area contributed by atoms with Crippen LogP contribution in [0.1, 0.15) is 17.3 Å². The largest absolute Gasteiger partial charge is 0.469 e. The number of esters is 1. The number of hydrogen-bond acceptors (Lipinski definition) is 7. The fourth-order valence-electron chi connectivity index (χ4n) is 3.29. The number of methoxy groups -OCH3 is 1. The molecule has 0 bridgehead atoms. The minimum absolute atomic E-state index is 0.0440. The monoisotopic (exact) mass is 496 g/mol. The van der Waals surface area contributed by atoms with Crippen LogP contribution in [0.2, 0.25) is 0 Å². The molecule has 0 spiro atoms. The van der Waals surface area contributed by atoms with Gasteiger partial charge in [-0.3, -0.25) is 14.2 Å². The van der Waals surface area contributed by atoms with Crippen LogP contribution in [-0.4, -0.2) is 39.5 Å². The second-order valence-electron chi connectivity index (χ2n) is 7.19. The van der Waals surface area contributed by atoms with E-state index in [9.17, 15) is 14.0 Å². The number of carbonyl (C=O) groups excluding carboxylic acids is 2. The molecule has 1 N–H and O–H groups in total. The van der Waals surface area contributed by atoms with Gasteiger partial charge in [-0.2, -0.15) is 0 Å². The zero-order valence-corrected chi connectivity index (χ0v) is 19.8. The molecule has 2 heterocycles. The lowest BCUT2D eigenvalue weighted by Gasteiger charge is -2.16. The smallest absolute Gasteiger partial charge is 0.307 e. The van der Waals surface area contributed by atoms with Gasteiger partial charge in [-0.25, -0.2) is 4.39 Å². The minimum Gasteiger partial charge on any atom is -0.469 e. The molecule has 1 amide bonds. The van der Waals surface area contributed by atoms with Gasteiger partial charge < -0.3 is 10.1 Å². The van der Waals surface area contributed by atoms with Crippen LogP contribution in [0.5, 0.6) is 0 Å². The first-order valence-corrected chi connectivity index (χ1v) is 12.2. The van der Waals surface area contributed by atoms with Crippen LogP contribution in [0.4, 0.5) is 4.39 Å². The van der Waals surface area contributed by atoms with E-state index < -0.39 is 12.0 Å². The summed E-state index contributed by atoms with van der Waals surface area (Å²) in [6.07, 6.45) is 0.0440. The molecule has 1 unspecified atom stereocenters. The van der Waals surface area contributed by atoms with Gasteiger partial charge in [0.2, 0.25) is 5.91 Å². The van der Waals surface area contributed by atoms with E-state index in [1.807, 2.05) is 52.4 Å². The number of hydrogen-bond donors (Lipinski definition) is 1. The summed E-state index contributed by atoms with van der Waals surface area (Å²) >= 11 is 2.68. The maximum absolute atomic E-state index is 13.4. The van der Waals surface area contributed by atoms with Gasteiger partial charge in [0.15, 0.2) is 11.0 Å². The quantitative estimate of drug-likeness (QED) is 0.268. The van der Waals surface area contributed by atoms with E-state index in [0.717, 1.165) is 10.6 Å². The number of halogens is 1. The summed E-state index contributed by atoms with van der Waals surface area (Å²) in [5.41, 5.74) is 1.52. The van der Waals surface area contributed by atoms with Gasteiger partial charge in [0.05, 0.1) is 25.3 Å². The SMILES string of the molecule is COC(=O)CC(NC(=O)CSc1nnc(-c2ccc(F)cc2)n1-c1ccccc1)c1cccs1. The van der Waals surface area contributed by atoms with Crippen molar-refractivity contribution in [1.29, 1.82) is 0 Å². The molecule has 4 aromatic rings. The van der Waals surface area contributed by atoms with Crippen molar-refractivity contribution < 1.29 is 18.7 Å². The molecule has 0 aliphatic carbocycles. The number of thiophene rings is 1. The van der Waals surface area contributed by atoms with E-state index in [1.54, 1.807) is 12.1 Å². The lowest BCUT2D eigenvalue weighted by molar-refractivity contribution is -0.141. The first-order valence-electron chi connectivity index (χ1n) is 10.3. The summed E-state index contributed by atoms with van der Waals surface area (Å²) in [5, 5.41) is 13.9. The predicted molar refractivity (Wildman–Crippen MR) is 129 cm³/mol. The average molecular weight is 497 g/mol. The molecule has 2 aromatic heterocycles. The Bertz CT molecular complexity index is 1250. The van der Waals surface area contributed by atoms with Crippen LogP contribution >= 0.6 is 23.1 Å². The Morgan fingerprint density at radius 2 is 1.85 bits per heavy atom. The molecule has 34 heavy (non-hydrogen) atoms. The molecule has 10 heteroatoms. The Kier molecular flexibility index (Phi) is 7.71. The zero-order chi connectivity index (χ0) is 23.9. The van der Waals surface area contributed by atoms with Crippen LogP contribution in [0, 0.1) is 5.82 Å². The van der Waals surface area contributed by atoms with Gasteiger partial charge in [-0.05, 0) is 47.8 Å². The Hall–Kier alpha value is -3.50. The minimum atomic E-state index is -0.470. The van der Waals surface area contributed by atoms with E-state index in [0.29, 0.717) is 16.5 Å². The van der Waals surface area contributed by atoms with Gasteiger partial charge >= 0.3 is 5.97 Å². The van der Waals surface area contributed by atoms with Crippen molar-refractivity contribution in [2.75, 3.05) is 12.9 Å². The lowest BCUT2D eigenvalue weighted by Crippen LogP contribution is -2.31. The van der Waals surface area contributed by atoms with Crippen molar-refractivity contribution in [3.05, 3.63) is 82.8 Å². The summed E-state index contributed by atoms with van der Waals surface area (Å²) in [7, 11) is 1.32. The van der Waals surface area contributed by atoms with Gasteiger partial charge in [0, 0.05) is 16.1 Å². The maximum Gasteiger partial charge on any atom is 0.307 e. The molecule has 1 atom stereocenters. The highest BCUT2D eigenvalue weighted by Crippen LogP contribution is 2.28. The van der Waals surface area contributed by atoms with E-state index in [2.05, 4.69) is 15.5 Å². The topological polar surface area (TPSA) is 86.1 Å². The van der Waals surface area contributed by atoms with Crippen molar-refractivity contribution in [2.24, 2.45) is 0 Å². The number of nitrogens with zero attached hydrogens (tertiary/aromatic N) is 3. The fraction of sp³-hybridized carbons (Fsp3) is 0.167. The molecule has 174 valence electrons. The van der Waals surface area contributed by atoms with Crippen molar-refractivity contribution in [3.63, 3.8) is 0 Å². The van der Waals surface area contributed by atoms with E-state index in [-0.39, 0.29) is 23.9 Å². The van der Waals surface area contributed by atoms with Crippen molar-refractivity contribution >= 4 is 35.0 Å². The molecule has 2 aromatic carbocycles. The number of nitrogens with one attached hydrogen (secondary N) is 1. The number of amides is 1. The number of para-hydroxylation sites is 1. The first kappa shape index (κ1) is 23.7. The molecule has 0 aliphatic heterocycles. The standard InChI is InChI=1S/C24H21FN4O3S2/c1-32-22(31)14-19(20-8-5-13-33-20)26-21(30)15-34-24-28-27-23(16-9-11-17(25)12-10-16)29(24)18-6-3-2-4-7-18/h2-13,19H,14-15H2,1H3,(H,26,30). The molecule has 0 saturated heterocycles. The molecule has 7 nitrogen and oxygen atoms in total. The van der Waals surface area contributed by atoms with E-state index >= 15 is 0 Å². The third-order valence-electron chi connectivity index (χ3n) is 4.90. The van der Waals surface area contributed by atoms with E-state index in [1.165, 1.54) is 42.3 Å². The lowest BCUT2D eigenvalue weighted by atomic mass is 10.1. The summed E-state index contributed by atoms with van der Waals surface area (Å²) in [4.78, 5) is 25.5. The van der Waals surface area contributed by atoms with Crippen molar-refractivity contribution in [1.82, 2.24) is 20.1 Å².